The second-order valence-electron chi connectivity index (χ2n) is 5.97. The third-order valence-corrected chi connectivity index (χ3v) is 4.14. The highest BCUT2D eigenvalue weighted by atomic mass is 16.5. The van der Waals surface area contributed by atoms with Crippen LogP contribution in [0.2, 0.25) is 0 Å². The van der Waals surface area contributed by atoms with E-state index in [1.807, 2.05) is 36.4 Å². The van der Waals surface area contributed by atoms with Crippen LogP contribution in [0.25, 0.3) is 33.4 Å². The Kier molecular flexibility index (Phi) is 4.25. The first-order valence-electron chi connectivity index (χ1n) is 8.37. The second-order valence-corrected chi connectivity index (χ2v) is 5.97. The van der Waals surface area contributed by atoms with Crippen molar-refractivity contribution in [2.45, 2.75) is 6.92 Å². The third-order valence-electron chi connectivity index (χ3n) is 4.14. The topological polar surface area (TPSA) is 92.8 Å². The van der Waals surface area contributed by atoms with Crippen LogP contribution in [0, 0.1) is 0 Å². The highest BCUT2D eigenvalue weighted by molar-refractivity contribution is 6.01. The summed E-state index contributed by atoms with van der Waals surface area (Å²) in [6.45, 7) is 1.45. The van der Waals surface area contributed by atoms with Gasteiger partial charge in [-0.15, -0.1) is 0 Å². The Balaban J connectivity index is 1.94. The molecular formula is C20H17N5O2. The molecule has 0 aliphatic carbocycles. The summed E-state index contributed by atoms with van der Waals surface area (Å²) < 4.78 is 5.27. The van der Waals surface area contributed by atoms with Crippen molar-refractivity contribution in [3.05, 3.63) is 55.0 Å². The highest BCUT2D eigenvalue weighted by Crippen LogP contribution is 2.38. The molecule has 0 bridgehead atoms. The maximum absolute atomic E-state index is 11.4. The molecule has 0 aliphatic rings. The molecule has 7 nitrogen and oxygen atoms in total. The van der Waals surface area contributed by atoms with E-state index in [9.17, 15) is 4.79 Å². The number of carbonyl (C=O) groups excluding carboxylic acids is 1. The van der Waals surface area contributed by atoms with Gasteiger partial charge in [0.05, 0.1) is 23.8 Å². The first kappa shape index (κ1) is 16.7. The van der Waals surface area contributed by atoms with E-state index in [2.05, 4.69) is 25.3 Å². The first-order chi connectivity index (χ1) is 13.2. The van der Waals surface area contributed by atoms with Gasteiger partial charge in [0.1, 0.15) is 5.82 Å². The Labute approximate surface area is 155 Å². The van der Waals surface area contributed by atoms with Crippen molar-refractivity contribution in [2.75, 3.05) is 12.4 Å². The fraction of sp³-hybridized carbons (Fsp3) is 0.100. The van der Waals surface area contributed by atoms with Crippen LogP contribution in [0.5, 0.6) is 5.88 Å². The van der Waals surface area contributed by atoms with Gasteiger partial charge in [0.25, 0.3) is 0 Å². The number of pyridine rings is 3. The fourth-order valence-electron chi connectivity index (χ4n) is 3.03. The van der Waals surface area contributed by atoms with E-state index in [-0.39, 0.29) is 5.91 Å². The van der Waals surface area contributed by atoms with Crippen molar-refractivity contribution in [2.24, 2.45) is 0 Å². The lowest BCUT2D eigenvalue weighted by Gasteiger charge is -2.08. The van der Waals surface area contributed by atoms with Crippen molar-refractivity contribution >= 4 is 22.8 Å². The molecule has 0 fully saturated rings. The Morgan fingerprint density at radius 1 is 1.04 bits per heavy atom. The summed E-state index contributed by atoms with van der Waals surface area (Å²) in [4.78, 5) is 27.7. The number of hydrogen-bond donors (Lipinski definition) is 2. The molecule has 0 aromatic carbocycles. The molecule has 27 heavy (non-hydrogen) atoms. The number of aromatic nitrogens is 4. The number of anilines is 1. The minimum Gasteiger partial charge on any atom is -0.481 e. The van der Waals surface area contributed by atoms with E-state index in [4.69, 9.17) is 4.74 Å². The van der Waals surface area contributed by atoms with Crippen LogP contribution in [-0.2, 0) is 4.79 Å². The molecule has 0 spiro atoms. The van der Waals surface area contributed by atoms with Crippen molar-refractivity contribution < 1.29 is 9.53 Å². The Bertz CT molecular complexity index is 1140. The molecule has 0 atom stereocenters. The molecule has 4 rings (SSSR count). The summed E-state index contributed by atoms with van der Waals surface area (Å²) in [5, 5.41) is 2.72. The number of ether oxygens (including phenoxy) is 1. The van der Waals surface area contributed by atoms with Gasteiger partial charge in [-0.2, -0.15) is 0 Å². The first-order valence-corrected chi connectivity index (χ1v) is 8.37. The van der Waals surface area contributed by atoms with E-state index >= 15 is 0 Å². The number of fused-ring (bicyclic) bond motifs is 1. The van der Waals surface area contributed by atoms with E-state index in [1.54, 1.807) is 25.7 Å². The smallest absolute Gasteiger partial charge is 0.222 e. The molecule has 4 aromatic heterocycles. The number of carbonyl (C=O) groups is 1. The van der Waals surface area contributed by atoms with Gasteiger partial charge in [-0.1, -0.05) is 0 Å². The summed E-state index contributed by atoms with van der Waals surface area (Å²) in [6.07, 6.45) is 5.13. The van der Waals surface area contributed by atoms with Crippen LogP contribution < -0.4 is 10.1 Å². The molecule has 7 heteroatoms. The second kappa shape index (κ2) is 6.87. The van der Waals surface area contributed by atoms with Gasteiger partial charge in [0.2, 0.25) is 11.8 Å². The molecule has 0 radical (unpaired) electrons. The van der Waals surface area contributed by atoms with Gasteiger partial charge < -0.3 is 15.0 Å². The van der Waals surface area contributed by atoms with Gasteiger partial charge in [-0.25, -0.2) is 9.97 Å². The van der Waals surface area contributed by atoms with E-state index < -0.39 is 0 Å². The molecule has 2 N–H and O–H groups in total. The number of nitrogens with zero attached hydrogens (tertiary/aromatic N) is 3. The molecule has 4 aromatic rings. The molecular weight excluding hydrogens is 342 g/mol. The lowest BCUT2D eigenvalue weighted by molar-refractivity contribution is -0.114. The monoisotopic (exact) mass is 359 g/mol. The molecule has 0 saturated heterocycles. The zero-order valence-electron chi connectivity index (χ0n) is 14.9. The van der Waals surface area contributed by atoms with Gasteiger partial charge in [-0.3, -0.25) is 9.78 Å². The molecule has 4 heterocycles. The zero-order chi connectivity index (χ0) is 18.8. The molecule has 1 amide bonds. The summed E-state index contributed by atoms with van der Waals surface area (Å²) in [6, 6.07) is 11.4. The minimum atomic E-state index is -0.169. The minimum absolute atomic E-state index is 0.169. The van der Waals surface area contributed by atoms with Crippen LogP contribution in [0.15, 0.2) is 55.0 Å². The molecule has 0 unspecified atom stereocenters. The number of aromatic amines is 1. The number of amides is 1. The Morgan fingerprint density at radius 3 is 2.67 bits per heavy atom. The highest BCUT2D eigenvalue weighted by Gasteiger charge is 2.17. The van der Waals surface area contributed by atoms with Crippen LogP contribution in [0.4, 0.5) is 5.82 Å². The summed E-state index contributed by atoms with van der Waals surface area (Å²) in [5.74, 6) is 0.847. The number of rotatable bonds is 4. The average Bonchev–Trinajstić information content (AvgIpc) is 3.07. The van der Waals surface area contributed by atoms with Crippen molar-refractivity contribution in [3.63, 3.8) is 0 Å². The fourth-order valence-corrected chi connectivity index (χ4v) is 3.03. The van der Waals surface area contributed by atoms with Crippen LogP contribution >= 0.6 is 0 Å². The lowest BCUT2D eigenvalue weighted by Crippen LogP contribution is -2.07. The standard InChI is InChI=1S/C20H17N5O2/c1-12(26)24-16-10-14(6-8-21-16)19-18(13-5-9-22-17(11-13)27-2)20-15(25-19)4-3-7-23-20/h3-11,25H,1-2H3,(H,21,24,26). The molecule has 0 aliphatic heterocycles. The van der Waals surface area contributed by atoms with Gasteiger partial charge in [-0.05, 0) is 35.9 Å². The Hall–Kier alpha value is -3.74. The zero-order valence-corrected chi connectivity index (χ0v) is 14.9. The van der Waals surface area contributed by atoms with Gasteiger partial charge in [0, 0.05) is 42.7 Å². The number of H-pyrrole nitrogens is 1. The number of nitrogens with one attached hydrogen (secondary N) is 2. The maximum atomic E-state index is 11.4. The molecule has 134 valence electrons. The van der Waals surface area contributed by atoms with Gasteiger partial charge >= 0.3 is 0 Å². The normalized spacial score (nSPS) is 10.7. The summed E-state index contributed by atoms with van der Waals surface area (Å²) >= 11 is 0. The lowest BCUT2D eigenvalue weighted by atomic mass is 10.0. The molecule has 0 saturated carbocycles. The predicted molar refractivity (Wildman–Crippen MR) is 103 cm³/mol. The Morgan fingerprint density at radius 2 is 1.85 bits per heavy atom. The maximum Gasteiger partial charge on any atom is 0.222 e. The van der Waals surface area contributed by atoms with Crippen molar-refractivity contribution in [3.8, 4) is 28.3 Å². The van der Waals surface area contributed by atoms with E-state index in [0.29, 0.717) is 11.7 Å². The summed E-state index contributed by atoms with van der Waals surface area (Å²) in [7, 11) is 1.59. The van der Waals surface area contributed by atoms with Crippen molar-refractivity contribution in [1.29, 1.82) is 0 Å². The van der Waals surface area contributed by atoms with Crippen LogP contribution in [0.3, 0.4) is 0 Å². The number of methoxy groups -OCH3 is 1. The largest absolute Gasteiger partial charge is 0.481 e. The van der Waals surface area contributed by atoms with E-state index in [1.165, 1.54) is 6.92 Å². The van der Waals surface area contributed by atoms with E-state index in [0.717, 1.165) is 33.4 Å². The summed E-state index contributed by atoms with van der Waals surface area (Å²) in [5.41, 5.74) is 5.39. The average molecular weight is 359 g/mol. The third kappa shape index (κ3) is 3.22. The quantitative estimate of drug-likeness (QED) is 0.580. The SMILES string of the molecule is COc1cc(-c2c(-c3ccnc(NC(C)=O)c3)[nH]c3cccnc23)ccn1. The van der Waals surface area contributed by atoms with Crippen LogP contribution in [0.1, 0.15) is 6.92 Å². The van der Waals surface area contributed by atoms with Crippen molar-refractivity contribution in [1.82, 2.24) is 19.9 Å². The number of hydrogen-bond acceptors (Lipinski definition) is 5. The van der Waals surface area contributed by atoms with Crippen LogP contribution in [-0.4, -0.2) is 33.0 Å². The predicted octanol–water partition coefficient (Wildman–Crippen LogP) is 3.65. The van der Waals surface area contributed by atoms with Gasteiger partial charge in [0.15, 0.2) is 0 Å².